The average Bonchev–Trinajstić information content (AvgIpc) is 2.73. The molecule has 2 aromatic rings. The molecule has 154 valence electrons. The van der Waals surface area contributed by atoms with Crippen LogP contribution in [0.2, 0.25) is 0 Å². The Morgan fingerprint density at radius 1 is 1.14 bits per heavy atom. The lowest BCUT2D eigenvalue weighted by molar-refractivity contribution is -0.108. The SMILES string of the molecule is CCCC(C)Oc1cc(C(CC=O)NC(=O)c2ccccc2C=O)ccc1OC. The van der Waals surface area contributed by atoms with Crippen LogP contribution in [0.15, 0.2) is 42.5 Å². The summed E-state index contributed by atoms with van der Waals surface area (Å²) in [6.45, 7) is 4.07. The van der Waals surface area contributed by atoms with Gasteiger partial charge in [0.05, 0.1) is 19.3 Å². The van der Waals surface area contributed by atoms with Crippen molar-refractivity contribution in [1.29, 1.82) is 0 Å². The third-order valence-electron chi connectivity index (χ3n) is 4.58. The normalized spacial score (nSPS) is 12.5. The Kier molecular flexibility index (Phi) is 8.40. The summed E-state index contributed by atoms with van der Waals surface area (Å²) in [5, 5.41) is 2.84. The summed E-state index contributed by atoms with van der Waals surface area (Å²) in [5.41, 5.74) is 1.27. The zero-order valence-corrected chi connectivity index (χ0v) is 17.0. The second-order valence-corrected chi connectivity index (χ2v) is 6.76. The molecule has 0 saturated heterocycles. The van der Waals surface area contributed by atoms with Crippen LogP contribution in [0.25, 0.3) is 0 Å². The van der Waals surface area contributed by atoms with Gasteiger partial charge in [0.25, 0.3) is 5.91 Å². The first kappa shape index (κ1) is 22.1. The maximum atomic E-state index is 12.7. The maximum absolute atomic E-state index is 12.7. The first-order valence-corrected chi connectivity index (χ1v) is 9.67. The zero-order valence-electron chi connectivity index (χ0n) is 17.0. The second-order valence-electron chi connectivity index (χ2n) is 6.76. The van der Waals surface area contributed by atoms with Gasteiger partial charge in [-0.25, -0.2) is 0 Å². The van der Waals surface area contributed by atoms with Crippen molar-refractivity contribution in [1.82, 2.24) is 5.32 Å². The Bertz CT molecular complexity index is 849. The molecule has 0 radical (unpaired) electrons. The molecule has 0 heterocycles. The van der Waals surface area contributed by atoms with Gasteiger partial charge in [0.1, 0.15) is 6.29 Å². The van der Waals surface area contributed by atoms with E-state index in [0.717, 1.165) is 19.1 Å². The maximum Gasteiger partial charge on any atom is 0.252 e. The van der Waals surface area contributed by atoms with Gasteiger partial charge in [0.2, 0.25) is 0 Å². The molecule has 29 heavy (non-hydrogen) atoms. The van der Waals surface area contributed by atoms with E-state index in [1.54, 1.807) is 49.6 Å². The van der Waals surface area contributed by atoms with Crippen LogP contribution in [0, 0.1) is 0 Å². The van der Waals surface area contributed by atoms with Crippen molar-refractivity contribution in [2.24, 2.45) is 0 Å². The summed E-state index contributed by atoms with van der Waals surface area (Å²) in [7, 11) is 1.56. The van der Waals surface area contributed by atoms with Crippen molar-refractivity contribution < 1.29 is 23.9 Å². The van der Waals surface area contributed by atoms with Crippen molar-refractivity contribution in [3.05, 3.63) is 59.2 Å². The molecule has 2 aromatic carbocycles. The van der Waals surface area contributed by atoms with Crippen LogP contribution in [0.3, 0.4) is 0 Å². The minimum atomic E-state index is -0.561. The number of nitrogens with one attached hydrogen (secondary N) is 1. The largest absolute Gasteiger partial charge is 0.493 e. The monoisotopic (exact) mass is 397 g/mol. The predicted octanol–water partition coefficient (Wildman–Crippen LogP) is 4.14. The van der Waals surface area contributed by atoms with E-state index in [4.69, 9.17) is 9.47 Å². The molecule has 6 nitrogen and oxygen atoms in total. The number of rotatable bonds is 11. The summed E-state index contributed by atoms with van der Waals surface area (Å²) in [4.78, 5) is 35.2. The summed E-state index contributed by atoms with van der Waals surface area (Å²) >= 11 is 0. The number of ether oxygens (including phenoxy) is 2. The molecule has 0 aliphatic heterocycles. The highest BCUT2D eigenvalue weighted by Gasteiger charge is 2.20. The fourth-order valence-corrected chi connectivity index (χ4v) is 3.10. The third-order valence-corrected chi connectivity index (χ3v) is 4.58. The predicted molar refractivity (Wildman–Crippen MR) is 111 cm³/mol. The van der Waals surface area contributed by atoms with E-state index < -0.39 is 11.9 Å². The number of methoxy groups -OCH3 is 1. The number of carbonyl (C=O) groups is 3. The highest BCUT2D eigenvalue weighted by molar-refractivity contribution is 6.01. The van der Waals surface area contributed by atoms with Crippen molar-refractivity contribution in [2.75, 3.05) is 7.11 Å². The van der Waals surface area contributed by atoms with Crippen LogP contribution >= 0.6 is 0 Å². The number of amides is 1. The lowest BCUT2D eigenvalue weighted by Gasteiger charge is -2.21. The number of hydrogen-bond acceptors (Lipinski definition) is 5. The van der Waals surface area contributed by atoms with Gasteiger partial charge >= 0.3 is 0 Å². The van der Waals surface area contributed by atoms with E-state index in [2.05, 4.69) is 12.2 Å². The molecule has 0 spiro atoms. The van der Waals surface area contributed by atoms with Gasteiger partial charge in [-0.05, 0) is 37.1 Å². The molecule has 1 amide bonds. The zero-order chi connectivity index (χ0) is 21.2. The van der Waals surface area contributed by atoms with Gasteiger partial charge in [-0.2, -0.15) is 0 Å². The molecule has 0 fully saturated rings. The molecule has 0 aliphatic carbocycles. The molecule has 2 atom stereocenters. The minimum absolute atomic E-state index is 0.00253. The van der Waals surface area contributed by atoms with E-state index in [1.807, 2.05) is 6.92 Å². The molecule has 2 rings (SSSR count). The molecular weight excluding hydrogens is 370 g/mol. The topological polar surface area (TPSA) is 81.7 Å². The van der Waals surface area contributed by atoms with Crippen LogP contribution in [-0.4, -0.2) is 31.7 Å². The second kappa shape index (κ2) is 11.0. The van der Waals surface area contributed by atoms with Crippen LogP contribution < -0.4 is 14.8 Å². The number of benzene rings is 2. The van der Waals surface area contributed by atoms with E-state index in [1.165, 1.54) is 0 Å². The highest BCUT2D eigenvalue weighted by atomic mass is 16.5. The number of hydrogen-bond donors (Lipinski definition) is 1. The van der Waals surface area contributed by atoms with Crippen molar-refractivity contribution in [2.45, 2.75) is 45.3 Å². The van der Waals surface area contributed by atoms with Gasteiger partial charge in [-0.3, -0.25) is 9.59 Å². The van der Waals surface area contributed by atoms with Gasteiger partial charge in [0, 0.05) is 17.5 Å². The van der Waals surface area contributed by atoms with E-state index >= 15 is 0 Å². The quantitative estimate of drug-likeness (QED) is 0.577. The van der Waals surface area contributed by atoms with Gasteiger partial charge in [-0.15, -0.1) is 0 Å². The molecule has 6 heteroatoms. The van der Waals surface area contributed by atoms with Gasteiger partial charge in [0.15, 0.2) is 17.8 Å². The fourth-order valence-electron chi connectivity index (χ4n) is 3.10. The summed E-state index contributed by atoms with van der Waals surface area (Å²) < 4.78 is 11.4. The van der Waals surface area contributed by atoms with Crippen molar-refractivity contribution >= 4 is 18.5 Å². The number of carbonyl (C=O) groups excluding carboxylic acids is 3. The third kappa shape index (κ3) is 5.91. The lowest BCUT2D eigenvalue weighted by Crippen LogP contribution is -2.29. The summed E-state index contributed by atoms with van der Waals surface area (Å²) in [6, 6.07) is 11.3. The molecule has 0 saturated carbocycles. The molecule has 0 aromatic heterocycles. The van der Waals surface area contributed by atoms with Crippen LogP contribution in [0.1, 0.15) is 65.4 Å². The van der Waals surface area contributed by atoms with Gasteiger partial charge < -0.3 is 19.6 Å². The van der Waals surface area contributed by atoms with Crippen LogP contribution in [0.5, 0.6) is 11.5 Å². The average molecular weight is 397 g/mol. The lowest BCUT2D eigenvalue weighted by atomic mass is 10.0. The van der Waals surface area contributed by atoms with Crippen molar-refractivity contribution in [3.8, 4) is 11.5 Å². The van der Waals surface area contributed by atoms with Crippen LogP contribution in [-0.2, 0) is 4.79 Å². The van der Waals surface area contributed by atoms with Gasteiger partial charge in [-0.1, -0.05) is 37.6 Å². The molecule has 0 bridgehead atoms. The highest BCUT2D eigenvalue weighted by Crippen LogP contribution is 2.32. The Balaban J connectivity index is 2.30. The van der Waals surface area contributed by atoms with E-state index in [0.29, 0.717) is 28.9 Å². The number of aldehydes is 2. The summed E-state index contributed by atoms with van der Waals surface area (Å²) in [5.74, 6) is 0.723. The molecule has 0 aliphatic rings. The van der Waals surface area contributed by atoms with Crippen LogP contribution in [0.4, 0.5) is 0 Å². The molecular formula is C23H27NO5. The van der Waals surface area contributed by atoms with E-state index in [-0.39, 0.29) is 18.1 Å². The Hall–Kier alpha value is -3.15. The Morgan fingerprint density at radius 2 is 1.90 bits per heavy atom. The summed E-state index contributed by atoms with van der Waals surface area (Å²) in [6.07, 6.45) is 3.36. The van der Waals surface area contributed by atoms with Crippen molar-refractivity contribution in [3.63, 3.8) is 0 Å². The first-order chi connectivity index (χ1) is 14.0. The molecule has 1 N–H and O–H groups in total. The first-order valence-electron chi connectivity index (χ1n) is 9.67. The van der Waals surface area contributed by atoms with E-state index in [9.17, 15) is 14.4 Å². The standard InChI is InChI=1S/C23H27NO5/c1-4-7-16(2)29-22-14-17(10-11-21(22)28-3)20(12-13-25)24-23(27)19-9-6-5-8-18(19)15-26/h5-6,8-11,13-16,20H,4,7,12H2,1-3H3,(H,24,27). The fraction of sp³-hybridized carbons (Fsp3) is 0.348. The Labute approximate surface area is 171 Å². The minimum Gasteiger partial charge on any atom is -0.493 e. The molecule has 2 unspecified atom stereocenters. The smallest absolute Gasteiger partial charge is 0.252 e. The Morgan fingerprint density at radius 3 is 2.55 bits per heavy atom.